The number of rotatable bonds is 4. The average molecular weight is 359 g/mol. The summed E-state index contributed by atoms with van der Waals surface area (Å²) >= 11 is 0. The van der Waals surface area contributed by atoms with Gasteiger partial charge in [0.2, 0.25) is 5.91 Å². The molecule has 2 N–H and O–H groups in total. The lowest BCUT2D eigenvalue weighted by molar-refractivity contribution is -0.122. The van der Waals surface area contributed by atoms with Crippen molar-refractivity contribution >= 4 is 27.5 Å². The number of hydrogen-bond donors (Lipinski definition) is 2. The van der Waals surface area contributed by atoms with Gasteiger partial charge in [-0.05, 0) is 34.5 Å². The van der Waals surface area contributed by atoms with Crippen molar-refractivity contribution in [2.45, 2.75) is 13.1 Å². The van der Waals surface area contributed by atoms with Crippen LogP contribution in [0.4, 0.5) is 0 Å². The molecule has 1 aromatic heterocycles. The Hall–Kier alpha value is -3.67. The lowest BCUT2D eigenvalue weighted by Crippen LogP contribution is -2.36. The van der Waals surface area contributed by atoms with Gasteiger partial charge in [-0.15, -0.1) is 0 Å². The van der Waals surface area contributed by atoms with Gasteiger partial charge in [0.1, 0.15) is 6.54 Å². The third-order valence-electron chi connectivity index (χ3n) is 4.49. The highest BCUT2D eigenvalue weighted by molar-refractivity contribution is 5.83. The summed E-state index contributed by atoms with van der Waals surface area (Å²) in [6.45, 7) is 0.0999. The van der Waals surface area contributed by atoms with Crippen LogP contribution in [0.15, 0.2) is 76.3 Å². The average Bonchev–Trinajstić information content (AvgIpc) is 2.70. The molecule has 3 aromatic carbocycles. The van der Waals surface area contributed by atoms with E-state index in [0.717, 1.165) is 21.0 Å². The molecule has 0 saturated heterocycles. The van der Waals surface area contributed by atoms with Gasteiger partial charge in [0.05, 0.1) is 10.8 Å². The first-order valence-electron chi connectivity index (χ1n) is 8.58. The Kier molecular flexibility index (Phi) is 4.30. The summed E-state index contributed by atoms with van der Waals surface area (Å²) in [6, 6.07) is 20.5. The van der Waals surface area contributed by atoms with E-state index in [1.54, 1.807) is 24.3 Å². The summed E-state index contributed by atoms with van der Waals surface area (Å²) < 4.78 is 1.04. The molecule has 0 bridgehead atoms. The van der Waals surface area contributed by atoms with E-state index in [1.165, 1.54) is 0 Å². The number of fused-ring (bicyclic) bond motifs is 2. The van der Waals surface area contributed by atoms with Gasteiger partial charge in [0, 0.05) is 6.54 Å². The van der Waals surface area contributed by atoms with Crippen LogP contribution in [0.2, 0.25) is 0 Å². The number of nitrogens with one attached hydrogen (secondary N) is 2. The van der Waals surface area contributed by atoms with Gasteiger partial charge in [0.15, 0.2) is 0 Å². The van der Waals surface area contributed by atoms with Gasteiger partial charge in [-0.25, -0.2) is 4.68 Å². The van der Waals surface area contributed by atoms with Crippen LogP contribution in [0.1, 0.15) is 5.56 Å². The van der Waals surface area contributed by atoms with Crippen LogP contribution in [-0.4, -0.2) is 15.7 Å². The molecule has 1 amide bonds. The molecule has 0 fully saturated rings. The zero-order valence-corrected chi connectivity index (χ0v) is 14.4. The fourth-order valence-electron chi connectivity index (χ4n) is 3.11. The van der Waals surface area contributed by atoms with Crippen molar-refractivity contribution in [2.75, 3.05) is 0 Å². The molecular weight excluding hydrogens is 342 g/mol. The maximum atomic E-state index is 12.4. The minimum atomic E-state index is -0.397. The number of nitrogens with zero attached hydrogens (tertiary/aromatic N) is 1. The fourth-order valence-corrected chi connectivity index (χ4v) is 3.11. The van der Waals surface area contributed by atoms with Gasteiger partial charge < -0.3 is 5.32 Å². The Balaban J connectivity index is 1.51. The molecule has 0 spiro atoms. The largest absolute Gasteiger partial charge is 0.350 e. The van der Waals surface area contributed by atoms with E-state index in [-0.39, 0.29) is 12.5 Å². The van der Waals surface area contributed by atoms with Gasteiger partial charge in [0.25, 0.3) is 11.1 Å². The number of aromatic amines is 1. The van der Waals surface area contributed by atoms with Gasteiger partial charge >= 0.3 is 0 Å². The normalized spacial score (nSPS) is 11.0. The molecular formula is C21H17N3O3. The van der Waals surface area contributed by atoms with Crippen LogP contribution in [0, 0.1) is 0 Å². The Morgan fingerprint density at radius 2 is 1.59 bits per heavy atom. The lowest BCUT2D eigenvalue weighted by atomic mass is 10.1. The van der Waals surface area contributed by atoms with Crippen LogP contribution in [0.3, 0.4) is 0 Å². The molecule has 4 aromatic rings. The first-order valence-corrected chi connectivity index (χ1v) is 8.58. The van der Waals surface area contributed by atoms with E-state index in [1.807, 2.05) is 42.5 Å². The summed E-state index contributed by atoms with van der Waals surface area (Å²) in [5.41, 5.74) is 0.167. The quantitative estimate of drug-likeness (QED) is 0.586. The number of carbonyl (C=O) groups excluding carboxylic acids is 1. The molecule has 0 radical (unpaired) electrons. The smallest absolute Gasteiger partial charge is 0.273 e. The Labute approximate surface area is 154 Å². The molecule has 0 unspecified atom stereocenters. The third kappa shape index (κ3) is 3.37. The van der Waals surface area contributed by atoms with E-state index < -0.39 is 11.1 Å². The second-order valence-corrected chi connectivity index (χ2v) is 6.34. The molecule has 27 heavy (non-hydrogen) atoms. The highest BCUT2D eigenvalue weighted by Crippen LogP contribution is 2.15. The van der Waals surface area contributed by atoms with Crippen LogP contribution in [0.5, 0.6) is 0 Å². The first kappa shape index (κ1) is 16.8. The molecule has 4 rings (SSSR count). The molecule has 6 nitrogen and oxygen atoms in total. The topological polar surface area (TPSA) is 84.0 Å². The lowest BCUT2D eigenvalue weighted by Gasteiger charge is -2.09. The number of H-pyrrole nitrogens is 1. The highest BCUT2D eigenvalue weighted by Gasteiger charge is 2.10. The second kappa shape index (κ2) is 6.92. The van der Waals surface area contributed by atoms with Crippen molar-refractivity contribution < 1.29 is 4.79 Å². The minimum Gasteiger partial charge on any atom is -0.350 e. The van der Waals surface area contributed by atoms with Gasteiger partial charge in [-0.3, -0.25) is 19.5 Å². The molecule has 6 heteroatoms. The molecule has 0 aliphatic carbocycles. The monoisotopic (exact) mass is 359 g/mol. The van der Waals surface area contributed by atoms with Crippen molar-refractivity contribution in [1.82, 2.24) is 15.1 Å². The van der Waals surface area contributed by atoms with Crippen molar-refractivity contribution in [3.8, 4) is 0 Å². The number of amides is 1. The Morgan fingerprint density at radius 3 is 2.41 bits per heavy atom. The van der Waals surface area contributed by atoms with E-state index in [0.29, 0.717) is 17.3 Å². The fraction of sp³-hybridized carbons (Fsp3) is 0.0952. The molecule has 0 aliphatic rings. The van der Waals surface area contributed by atoms with Crippen LogP contribution in [-0.2, 0) is 17.9 Å². The van der Waals surface area contributed by atoms with Gasteiger partial charge in [-0.2, -0.15) is 0 Å². The third-order valence-corrected chi connectivity index (χ3v) is 4.49. The standard InChI is InChI=1S/C21H17N3O3/c25-19(22-12-14-9-10-15-5-1-2-6-16(15)11-14)13-24-21(27)18-8-4-3-7-17(18)20(26)23-24/h1-11H,12-13H2,(H,22,25)(H,23,26). The second-order valence-electron chi connectivity index (χ2n) is 6.34. The summed E-state index contributed by atoms with van der Waals surface area (Å²) in [7, 11) is 0. The SMILES string of the molecule is O=C(Cn1[nH]c(=O)c2ccccc2c1=O)NCc1ccc2ccccc2c1. The van der Waals surface area contributed by atoms with Crippen molar-refractivity contribution in [2.24, 2.45) is 0 Å². The molecule has 134 valence electrons. The summed E-state index contributed by atoms with van der Waals surface area (Å²) in [6.07, 6.45) is 0. The summed E-state index contributed by atoms with van der Waals surface area (Å²) in [5, 5.41) is 8.08. The van der Waals surface area contributed by atoms with Crippen LogP contribution in [0.25, 0.3) is 21.5 Å². The number of hydrogen-bond acceptors (Lipinski definition) is 3. The van der Waals surface area contributed by atoms with Crippen molar-refractivity contribution in [3.05, 3.63) is 93.0 Å². The van der Waals surface area contributed by atoms with E-state index in [4.69, 9.17) is 0 Å². The van der Waals surface area contributed by atoms with Crippen molar-refractivity contribution in [3.63, 3.8) is 0 Å². The predicted octanol–water partition coefficient (Wildman–Crippen LogP) is 2.16. The number of aromatic nitrogens is 2. The number of benzene rings is 3. The molecule has 1 heterocycles. The number of carbonyl (C=O) groups is 1. The molecule has 0 atom stereocenters. The van der Waals surface area contributed by atoms with Crippen LogP contribution >= 0.6 is 0 Å². The summed E-state index contributed by atoms with van der Waals surface area (Å²) in [5.74, 6) is -0.351. The Bertz CT molecular complexity index is 1270. The van der Waals surface area contributed by atoms with Crippen LogP contribution < -0.4 is 16.4 Å². The van der Waals surface area contributed by atoms with E-state index in [2.05, 4.69) is 10.4 Å². The highest BCUT2D eigenvalue weighted by atomic mass is 16.2. The Morgan fingerprint density at radius 1 is 0.889 bits per heavy atom. The zero-order valence-electron chi connectivity index (χ0n) is 14.4. The predicted molar refractivity (Wildman–Crippen MR) is 105 cm³/mol. The zero-order chi connectivity index (χ0) is 18.8. The van der Waals surface area contributed by atoms with E-state index in [9.17, 15) is 14.4 Å². The molecule has 0 saturated carbocycles. The van der Waals surface area contributed by atoms with Gasteiger partial charge in [-0.1, -0.05) is 48.5 Å². The maximum Gasteiger partial charge on any atom is 0.273 e. The molecule has 0 aliphatic heterocycles. The van der Waals surface area contributed by atoms with Crippen molar-refractivity contribution in [1.29, 1.82) is 0 Å². The minimum absolute atomic E-state index is 0.244. The maximum absolute atomic E-state index is 12.4. The first-order chi connectivity index (χ1) is 13.1. The summed E-state index contributed by atoms with van der Waals surface area (Å²) in [4.78, 5) is 36.8. The van der Waals surface area contributed by atoms with E-state index >= 15 is 0 Å².